The van der Waals surface area contributed by atoms with Crippen molar-refractivity contribution in [2.45, 2.75) is 64.3 Å². The van der Waals surface area contributed by atoms with Gasteiger partial charge in [-0.1, -0.05) is 82.5 Å². The van der Waals surface area contributed by atoms with Crippen LogP contribution in [0.3, 0.4) is 0 Å². The molecule has 2 atom stereocenters. The molecule has 158 valence electrons. The minimum atomic E-state index is -4.93. The number of hydrogen-bond donors (Lipinski definition) is 1. The average molecular weight is 438 g/mol. The van der Waals surface area contributed by atoms with Gasteiger partial charge in [-0.15, -0.1) is 0 Å². The summed E-state index contributed by atoms with van der Waals surface area (Å²) >= 11 is 0. The molecule has 1 N–H and O–H groups in total. The highest BCUT2D eigenvalue weighted by molar-refractivity contribution is 7.91. The first-order valence-electron chi connectivity index (χ1n) is 10.1. The van der Waals surface area contributed by atoms with Crippen LogP contribution < -0.4 is 4.89 Å². The van der Waals surface area contributed by atoms with Crippen molar-refractivity contribution in [2.24, 2.45) is 0 Å². The Kier molecular flexibility index (Phi) is 6.90. The van der Waals surface area contributed by atoms with Crippen molar-refractivity contribution < 1.29 is 23.8 Å². The molecule has 0 aromatic heterocycles. The molecule has 0 bridgehead atoms. The number of benzene rings is 2. The smallest absolute Gasteiger partial charge is 0.336 e. The molecule has 5 nitrogen and oxygen atoms in total. The summed E-state index contributed by atoms with van der Waals surface area (Å²) in [5, 5.41) is 0. The van der Waals surface area contributed by atoms with Gasteiger partial charge in [-0.25, -0.2) is 0 Å². The molecule has 0 heterocycles. The monoisotopic (exact) mass is 437 g/mol. The summed E-state index contributed by atoms with van der Waals surface area (Å²) in [6, 6.07) is 8.41. The second kappa shape index (κ2) is 9.05. The minimum Gasteiger partial charge on any atom is -0.594 e. The highest BCUT2D eigenvalue weighted by atomic mass is 32.2. The zero-order chi connectivity index (χ0) is 23.0. The van der Waals surface area contributed by atoms with Crippen LogP contribution in [0.4, 0.5) is 0 Å². The second-order valence-electron chi connectivity index (χ2n) is 8.19. The molecule has 0 aliphatic rings. The van der Waals surface area contributed by atoms with Gasteiger partial charge in [-0.05, 0) is 45.6 Å². The number of hydrogen-bond acceptors (Lipinski definition) is 4. The third-order valence-electron chi connectivity index (χ3n) is 5.01. The van der Waals surface area contributed by atoms with Gasteiger partial charge in [0.25, 0.3) is 0 Å². The third-order valence-corrected chi connectivity index (χ3v) is 7.81. The summed E-state index contributed by atoms with van der Waals surface area (Å²) in [6.07, 6.45) is 0. The Morgan fingerprint density at radius 3 is 1.86 bits per heavy atom. The largest absolute Gasteiger partial charge is 0.594 e. The fourth-order valence-corrected chi connectivity index (χ4v) is 5.33. The van der Waals surface area contributed by atoms with Gasteiger partial charge in [0.15, 0.2) is 0 Å². The van der Waals surface area contributed by atoms with Crippen molar-refractivity contribution in [3.8, 4) is 11.1 Å². The van der Waals surface area contributed by atoms with Gasteiger partial charge in [0, 0.05) is 5.56 Å². The summed E-state index contributed by atoms with van der Waals surface area (Å²) in [4.78, 5) is 9.73. The van der Waals surface area contributed by atoms with Crippen molar-refractivity contribution in [2.75, 3.05) is 0 Å². The topological polar surface area (TPSA) is 94.5 Å². The van der Waals surface area contributed by atoms with Crippen molar-refractivity contribution >= 4 is 18.1 Å². The zero-order valence-electron chi connectivity index (χ0n) is 18.6. The van der Waals surface area contributed by atoms with E-state index in [2.05, 4.69) is 13.8 Å². The Hall–Kier alpha value is -1.59. The van der Waals surface area contributed by atoms with E-state index < -0.39 is 23.1 Å². The SMILES string of the molecule is [2H]c1cccc(C([P+](=O)[O-])S(=O)(=O)O)c1-c1c(C(C)C)cc(C(C)C)cc1C(C)C. The van der Waals surface area contributed by atoms with Crippen LogP contribution in [-0.2, 0) is 14.7 Å². The molecule has 0 saturated heterocycles. The average Bonchev–Trinajstić information content (AvgIpc) is 2.59. The Morgan fingerprint density at radius 2 is 1.48 bits per heavy atom. The van der Waals surface area contributed by atoms with Crippen molar-refractivity contribution in [3.63, 3.8) is 0 Å². The molecule has 2 unspecified atom stereocenters. The first kappa shape index (κ1) is 22.1. The quantitative estimate of drug-likeness (QED) is 0.442. The van der Waals surface area contributed by atoms with Gasteiger partial charge in [0.1, 0.15) is 0 Å². The lowest BCUT2D eigenvalue weighted by Gasteiger charge is -2.25. The molecular weight excluding hydrogens is 407 g/mol. The molecule has 2 rings (SSSR count). The van der Waals surface area contributed by atoms with Crippen molar-refractivity contribution in [1.29, 1.82) is 0 Å². The molecule has 0 amide bonds. The van der Waals surface area contributed by atoms with E-state index in [1.54, 1.807) is 0 Å². The third kappa shape index (κ3) is 5.13. The first-order chi connectivity index (χ1) is 13.8. The maximum Gasteiger partial charge on any atom is 0.336 e. The summed E-state index contributed by atoms with van der Waals surface area (Å²) in [7, 11) is -8.47. The summed E-state index contributed by atoms with van der Waals surface area (Å²) in [5.41, 5.74) is 3.78. The predicted molar refractivity (Wildman–Crippen MR) is 116 cm³/mol. The first-order valence-corrected chi connectivity index (χ1v) is 12.4. The van der Waals surface area contributed by atoms with Crippen LogP contribution in [-0.4, -0.2) is 13.0 Å². The Balaban J connectivity index is 3.07. The standard InChI is InChI=1S/C22H29O5PS/c1-13(2)16-11-19(14(3)4)21(20(12-16)15(5)6)17-9-7-8-10-18(17)22(28(23)24)29(25,26)27/h7-15,22H,1-6H3,(H,25,26,27)/i9D. The zero-order valence-corrected chi connectivity index (χ0v) is 19.3. The lowest BCUT2D eigenvalue weighted by atomic mass is 9.81. The molecule has 2 aromatic rings. The van der Waals surface area contributed by atoms with E-state index in [4.69, 9.17) is 1.37 Å². The molecular formula is C22H29O5PS. The highest BCUT2D eigenvalue weighted by Crippen LogP contribution is 2.46. The van der Waals surface area contributed by atoms with Gasteiger partial charge < -0.3 is 4.89 Å². The molecule has 0 fully saturated rings. The lowest BCUT2D eigenvalue weighted by Crippen LogP contribution is -2.14. The van der Waals surface area contributed by atoms with Gasteiger partial charge in [-0.3, -0.25) is 4.55 Å². The van der Waals surface area contributed by atoms with Gasteiger partial charge >= 0.3 is 23.1 Å². The van der Waals surface area contributed by atoms with Crippen LogP contribution in [0.1, 0.15) is 87.9 Å². The Morgan fingerprint density at radius 1 is 0.966 bits per heavy atom. The van der Waals surface area contributed by atoms with Crippen LogP contribution in [0.5, 0.6) is 0 Å². The van der Waals surface area contributed by atoms with Crippen LogP contribution >= 0.6 is 8.03 Å². The summed E-state index contributed by atoms with van der Waals surface area (Å²) < 4.78 is 54.0. The predicted octanol–water partition coefficient (Wildman–Crippen LogP) is 5.71. The Labute approximate surface area is 176 Å². The minimum absolute atomic E-state index is 0.0131. The molecule has 2 aromatic carbocycles. The van der Waals surface area contributed by atoms with E-state index in [1.165, 1.54) is 18.2 Å². The van der Waals surface area contributed by atoms with Crippen LogP contribution in [0.15, 0.2) is 36.4 Å². The molecule has 0 spiro atoms. The van der Waals surface area contributed by atoms with Crippen LogP contribution in [0, 0.1) is 0 Å². The summed E-state index contributed by atoms with van der Waals surface area (Å²) in [6.45, 7) is 12.2. The van der Waals surface area contributed by atoms with Crippen molar-refractivity contribution in [1.82, 2.24) is 0 Å². The van der Waals surface area contributed by atoms with E-state index in [0.717, 1.165) is 16.7 Å². The van der Waals surface area contributed by atoms with Crippen LogP contribution in [0.2, 0.25) is 0 Å². The van der Waals surface area contributed by atoms with Crippen molar-refractivity contribution in [3.05, 3.63) is 58.6 Å². The summed E-state index contributed by atoms with van der Waals surface area (Å²) in [5.74, 6) is 0.365. The number of rotatable bonds is 7. The molecule has 0 aliphatic heterocycles. The lowest BCUT2D eigenvalue weighted by molar-refractivity contribution is -0.165. The molecule has 0 saturated carbocycles. The Bertz CT molecular complexity index is 1030. The highest BCUT2D eigenvalue weighted by Gasteiger charge is 2.39. The molecule has 0 radical (unpaired) electrons. The van der Waals surface area contributed by atoms with E-state index in [0.29, 0.717) is 5.56 Å². The van der Waals surface area contributed by atoms with Gasteiger partial charge in [-0.2, -0.15) is 8.42 Å². The fourth-order valence-electron chi connectivity index (χ4n) is 3.50. The second-order valence-corrected chi connectivity index (χ2v) is 11.1. The maximum absolute atomic E-state index is 12.0. The van der Waals surface area contributed by atoms with Gasteiger partial charge in [0.2, 0.25) is 0 Å². The van der Waals surface area contributed by atoms with E-state index in [9.17, 15) is 22.4 Å². The molecule has 7 heteroatoms. The molecule has 0 aliphatic carbocycles. The van der Waals surface area contributed by atoms with E-state index in [-0.39, 0.29) is 34.9 Å². The molecule has 29 heavy (non-hydrogen) atoms. The normalized spacial score (nSPS) is 14.4. The maximum atomic E-state index is 12.0. The van der Waals surface area contributed by atoms with E-state index >= 15 is 0 Å². The fraction of sp³-hybridized carbons (Fsp3) is 0.455. The van der Waals surface area contributed by atoms with Crippen LogP contribution in [0.25, 0.3) is 11.1 Å². The van der Waals surface area contributed by atoms with Gasteiger partial charge in [0.05, 0.1) is 1.37 Å². The van der Waals surface area contributed by atoms with E-state index in [1.807, 2.05) is 39.8 Å².